The van der Waals surface area contributed by atoms with Crippen LogP contribution >= 0.6 is 11.8 Å². The van der Waals surface area contributed by atoms with Gasteiger partial charge in [0.1, 0.15) is 11.5 Å². The van der Waals surface area contributed by atoms with E-state index in [0.717, 1.165) is 0 Å². The number of ether oxygens (including phenoxy) is 2. The molecule has 0 atom stereocenters. The van der Waals surface area contributed by atoms with Crippen molar-refractivity contribution in [2.24, 2.45) is 0 Å². The van der Waals surface area contributed by atoms with Gasteiger partial charge in [-0.1, -0.05) is 12.7 Å². The number of nitrogens with zero attached hydrogens (tertiary/aromatic N) is 3. The zero-order valence-corrected chi connectivity index (χ0v) is 15.2. The molecule has 0 unspecified atom stereocenters. The summed E-state index contributed by atoms with van der Waals surface area (Å²) in [5.41, 5.74) is -0.142. The lowest BCUT2D eigenvalue weighted by molar-refractivity contribution is -0.385. The highest BCUT2D eigenvalue weighted by Crippen LogP contribution is 2.38. The maximum atomic E-state index is 11.6. The number of rotatable bonds is 9. The summed E-state index contributed by atoms with van der Waals surface area (Å²) < 4.78 is 15.8. The van der Waals surface area contributed by atoms with Crippen molar-refractivity contribution in [1.29, 1.82) is 0 Å². The highest BCUT2D eigenvalue weighted by Gasteiger charge is 2.21. The Hall–Kier alpha value is -3.34. The first-order chi connectivity index (χ1) is 12.8. The maximum Gasteiger partial charge on any atom is 0.342 e. The van der Waals surface area contributed by atoms with E-state index in [4.69, 9.17) is 13.9 Å². The maximum absolute atomic E-state index is 11.6. The van der Waals surface area contributed by atoms with E-state index in [1.807, 2.05) is 0 Å². The number of aliphatic carboxylic acids is 1. The Morgan fingerprint density at radius 2 is 2.22 bits per heavy atom. The number of nitro benzene ring substituents is 1. The van der Waals surface area contributed by atoms with Crippen molar-refractivity contribution in [1.82, 2.24) is 10.2 Å². The molecule has 27 heavy (non-hydrogen) atoms. The van der Waals surface area contributed by atoms with Crippen molar-refractivity contribution in [3.8, 4) is 11.5 Å². The number of carboxylic acids is 1. The largest absolute Gasteiger partial charge is 0.493 e. The van der Waals surface area contributed by atoms with E-state index < -0.39 is 10.9 Å². The minimum absolute atomic E-state index is 0.0205. The number of non-ortho nitro benzene ring substituents is 1. The zero-order valence-electron chi connectivity index (χ0n) is 14.4. The number of aromatic nitrogens is 2. The summed E-state index contributed by atoms with van der Waals surface area (Å²) in [6, 6.07) is 2.37. The monoisotopic (exact) mass is 393 g/mol. The van der Waals surface area contributed by atoms with Crippen LogP contribution < -0.4 is 9.47 Å². The van der Waals surface area contributed by atoms with Crippen LogP contribution in [0.2, 0.25) is 0 Å². The molecule has 0 saturated heterocycles. The number of aryl methyl sites for hydroxylation is 1. The lowest BCUT2D eigenvalue weighted by atomic mass is 10.1. The fraction of sp³-hybridized carbons (Fsp3) is 0.188. The molecule has 0 saturated carbocycles. The van der Waals surface area contributed by atoms with Crippen molar-refractivity contribution in [2.45, 2.75) is 12.1 Å². The Morgan fingerprint density at radius 3 is 2.74 bits per heavy atom. The van der Waals surface area contributed by atoms with Gasteiger partial charge in [-0.05, 0) is 17.8 Å². The first-order valence-corrected chi connectivity index (χ1v) is 8.20. The van der Waals surface area contributed by atoms with Crippen LogP contribution in [0.25, 0.3) is 6.08 Å². The summed E-state index contributed by atoms with van der Waals surface area (Å²) in [5, 5.41) is 28.0. The lowest BCUT2D eigenvalue weighted by Crippen LogP contribution is -2.02. The molecule has 0 bridgehead atoms. The number of nitro groups is 1. The molecule has 0 amide bonds. The summed E-state index contributed by atoms with van der Waals surface area (Å²) in [6.45, 7) is 5.19. The van der Waals surface area contributed by atoms with Crippen molar-refractivity contribution < 1.29 is 28.7 Å². The number of benzene rings is 1. The summed E-state index contributed by atoms with van der Waals surface area (Å²) >= 11 is 0.708. The number of hydrogen-bond acceptors (Lipinski definition) is 9. The molecule has 2 aromatic rings. The predicted octanol–water partition coefficient (Wildman–Crippen LogP) is 3.08. The van der Waals surface area contributed by atoms with Crippen molar-refractivity contribution in [3.05, 3.63) is 51.3 Å². The number of thioether (sulfide) groups is 1. The third-order valence-corrected chi connectivity index (χ3v) is 3.90. The third kappa shape index (κ3) is 5.07. The smallest absolute Gasteiger partial charge is 0.342 e. The molecule has 0 spiro atoms. The molecule has 0 aliphatic carbocycles. The molecule has 1 aromatic heterocycles. The van der Waals surface area contributed by atoms with Crippen LogP contribution in [0.5, 0.6) is 11.5 Å². The van der Waals surface area contributed by atoms with E-state index in [1.54, 1.807) is 6.92 Å². The first kappa shape index (κ1) is 20.0. The van der Waals surface area contributed by atoms with Gasteiger partial charge in [-0.25, -0.2) is 4.79 Å². The highest BCUT2D eigenvalue weighted by molar-refractivity contribution is 8.03. The van der Waals surface area contributed by atoms with Crippen LogP contribution in [-0.2, 0) is 4.79 Å². The zero-order chi connectivity index (χ0) is 20.0. The number of carboxylic acid groups (broad SMARTS) is 1. The van der Waals surface area contributed by atoms with Gasteiger partial charge in [0.25, 0.3) is 10.9 Å². The van der Waals surface area contributed by atoms with Crippen LogP contribution in [0.15, 0.2) is 39.3 Å². The van der Waals surface area contributed by atoms with Gasteiger partial charge >= 0.3 is 5.97 Å². The third-order valence-electron chi connectivity index (χ3n) is 3.05. The standard InChI is InChI=1S/C16H15N3O7S/c1-4-5-25-14-10(6-11(19(22)23)8-12(14)24-3)7-13(15(20)21)27-16-18-17-9(2)26-16/h4,6-8H,1,5H2,2-3H3,(H,20,21)/b13-7+. The minimum atomic E-state index is -1.28. The molecular weight excluding hydrogens is 378 g/mol. The Morgan fingerprint density at radius 1 is 1.48 bits per heavy atom. The second-order valence-corrected chi connectivity index (χ2v) is 5.92. The van der Waals surface area contributed by atoms with Crippen LogP contribution in [0.4, 0.5) is 5.69 Å². The molecule has 11 heteroatoms. The van der Waals surface area contributed by atoms with E-state index in [2.05, 4.69) is 16.8 Å². The fourth-order valence-electron chi connectivity index (χ4n) is 1.96. The molecule has 0 aliphatic heterocycles. The first-order valence-electron chi connectivity index (χ1n) is 7.38. The summed E-state index contributed by atoms with van der Waals surface area (Å²) in [6.07, 6.45) is 2.68. The van der Waals surface area contributed by atoms with Crippen LogP contribution in [0, 0.1) is 17.0 Å². The minimum Gasteiger partial charge on any atom is -0.493 e. The van der Waals surface area contributed by atoms with Gasteiger partial charge in [0.15, 0.2) is 11.5 Å². The SMILES string of the molecule is C=CCOc1c(/C=C(/Sc2nnc(C)o2)C(=O)O)cc([N+](=O)[O-])cc1OC. The lowest BCUT2D eigenvalue weighted by Gasteiger charge is -2.13. The molecule has 10 nitrogen and oxygen atoms in total. The molecule has 1 N–H and O–H groups in total. The van der Waals surface area contributed by atoms with Gasteiger partial charge in [0, 0.05) is 18.6 Å². The topological polar surface area (TPSA) is 138 Å². The van der Waals surface area contributed by atoms with Gasteiger partial charge in [-0.2, -0.15) is 0 Å². The number of methoxy groups -OCH3 is 1. The van der Waals surface area contributed by atoms with Crippen LogP contribution in [0.1, 0.15) is 11.5 Å². The van der Waals surface area contributed by atoms with Gasteiger partial charge in [-0.15, -0.1) is 10.2 Å². The molecule has 1 heterocycles. The van der Waals surface area contributed by atoms with Gasteiger partial charge in [0.2, 0.25) is 5.89 Å². The Bertz CT molecular complexity index is 907. The van der Waals surface area contributed by atoms with E-state index in [0.29, 0.717) is 11.8 Å². The van der Waals surface area contributed by atoms with E-state index in [-0.39, 0.29) is 45.4 Å². The number of carbonyl (C=O) groups is 1. The Labute approximate surface area is 157 Å². The second-order valence-electron chi connectivity index (χ2n) is 4.93. The van der Waals surface area contributed by atoms with E-state index >= 15 is 0 Å². The van der Waals surface area contributed by atoms with E-state index in [1.165, 1.54) is 31.4 Å². The molecule has 142 valence electrons. The van der Waals surface area contributed by atoms with Gasteiger partial charge < -0.3 is 19.0 Å². The average molecular weight is 393 g/mol. The van der Waals surface area contributed by atoms with Crippen LogP contribution in [0.3, 0.4) is 0 Å². The quantitative estimate of drug-likeness (QED) is 0.222. The Balaban J connectivity index is 2.57. The van der Waals surface area contributed by atoms with Crippen molar-refractivity contribution in [2.75, 3.05) is 13.7 Å². The normalized spacial score (nSPS) is 11.1. The van der Waals surface area contributed by atoms with E-state index in [9.17, 15) is 20.0 Å². The molecule has 0 radical (unpaired) electrons. The summed E-state index contributed by atoms with van der Waals surface area (Å²) in [4.78, 5) is 22.0. The van der Waals surface area contributed by atoms with Crippen LogP contribution in [-0.4, -0.2) is 39.9 Å². The van der Waals surface area contributed by atoms with Crippen molar-refractivity contribution in [3.63, 3.8) is 0 Å². The second kappa shape index (κ2) is 8.85. The highest BCUT2D eigenvalue weighted by atomic mass is 32.2. The van der Waals surface area contributed by atoms with Crippen molar-refractivity contribution >= 4 is 29.5 Å². The molecule has 1 aromatic carbocycles. The molecule has 0 aliphatic rings. The van der Waals surface area contributed by atoms with Gasteiger partial charge in [-0.3, -0.25) is 10.1 Å². The average Bonchev–Trinajstić information content (AvgIpc) is 3.04. The Kier molecular flexibility index (Phi) is 6.55. The summed E-state index contributed by atoms with van der Waals surface area (Å²) in [7, 11) is 1.32. The fourth-order valence-corrected chi connectivity index (χ4v) is 2.66. The predicted molar refractivity (Wildman–Crippen MR) is 95.8 cm³/mol. The molecular formula is C16H15N3O7S. The molecule has 2 rings (SSSR count). The molecule has 0 fully saturated rings. The number of hydrogen-bond donors (Lipinski definition) is 1. The van der Waals surface area contributed by atoms with Gasteiger partial charge in [0.05, 0.1) is 18.1 Å². The summed E-state index contributed by atoms with van der Waals surface area (Å²) in [5.74, 6) is -0.782.